The second-order valence-electron chi connectivity index (χ2n) is 4.29. The maximum atomic E-state index is 13.0. The number of hydrogen-bond donors (Lipinski definition) is 0. The fourth-order valence-electron chi connectivity index (χ4n) is 1.80. The molecule has 0 aliphatic rings. The molecule has 2 aromatic rings. The molecular weight excluding hydrogens is 306 g/mol. The molecular formula is C15H10ClF4N. The molecule has 0 fully saturated rings. The molecule has 0 aliphatic heterocycles. The van der Waals surface area contributed by atoms with Gasteiger partial charge in [0, 0.05) is 6.20 Å². The largest absolute Gasteiger partial charge is 0.433 e. The summed E-state index contributed by atoms with van der Waals surface area (Å²) < 4.78 is 51.2. The highest BCUT2D eigenvalue weighted by molar-refractivity contribution is 6.30. The van der Waals surface area contributed by atoms with Crippen molar-refractivity contribution in [3.8, 4) is 0 Å². The smallest absolute Gasteiger partial charge is 0.251 e. The number of alkyl halides is 3. The molecule has 0 unspecified atom stereocenters. The molecule has 0 saturated carbocycles. The van der Waals surface area contributed by atoms with Crippen molar-refractivity contribution in [2.24, 2.45) is 0 Å². The maximum Gasteiger partial charge on any atom is 0.433 e. The summed E-state index contributed by atoms with van der Waals surface area (Å²) in [7, 11) is 0. The van der Waals surface area contributed by atoms with Crippen molar-refractivity contribution in [3.05, 3.63) is 70.3 Å². The first-order valence-corrected chi connectivity index (χ1v) is 6.38. The fourth-order valence-corrected chi connectivity index (χ4v) is 1.99. The van der Waals surface area contributed by atoms with Gasteiger partial charge in [0.2, 0.25) is 0 Å². The molecule has 0 radical (unpaired) electrons. The summed E-state index contributed by atoms with van der Waals surface area (Å²) in [5.74, 6) is -0.541. The number of rotatable bonds is 3. The third-order valence-corrected chi connectivity index (χ3v) is 3.04. The van der Waals surface area contributed by atoms with E-state index in [-0.39, 0.29) is 17.0 Å². The van der Waals surface area contributed by atoms with E-state index < -0.39 is 17.7 Å². The molecule has 110 valence electrons. The van der Waals surface area contributed by atoms with E-state index in [9.17, 15) is 17.6 Å². The average molecular weight is 316 g/mol. The highest BCUT2D eigenvalue weighted by atomic mass is 35.5. The lowest BCUT2D eigenvalue weighted by molar-refractivity contribution is -0.141. The van der Waals surface area contributed by atoms with Gasteiger partial charge in [-0.25, -0.2) is 4.39 Å². The molecule has 0 atom stereocenters. The van der Waals surface area contributed by atoms with Crippen LogP contribution in [-0.4, -0.2) is 4.98 Å². The van der Waals surface area contributed by atoms with Gasteiger partial charge < -0.3 is 0 Å². The van der Waals surface area contributed by atoms with Crippen molar-refractivity contribution in [1.29, 1.82) is 0 Å². The third-order valence-electron chi connectivity index (χ3n) is 2.75. The number of aromatic nitrogens is 1. The predicted octanol–water partition coefficient (Wildman–Crippen LogP) is 5.15. The van der Waals surface area contributed by atoms with Gasteiger partial charge in [-0.15, -0.1) is 0 Å². The molecule has 1 aromatic heterocycles. The lowest BCUT2D eigenvalue weighted by Crippen LogP contribution is -2.11. The van der Waals surface area contributed by atoms with Crippen molar-refractivity contribution in [1.82, 2.24) is 4.98 Å². The standard InChI is InChI=1S/C15H10ClF4N/c16-12-9-10(6-7-13(12)17)3-1-4-11-5-2-8-21-14(11)15(18,19)20/h1-3,5-9H,4H2. The van der Waals surface area contributed by atoms with E-state index in [2.05, 4.69) is 4.98 Å². The van der Waals surface area contributed by atoms with Gasteiger partial charge in [0.1, 0.15) is 11.5 Å². The fraction of sp³-hybridized carbons (Fsp3) is 0.133. The van der Waals surface area contributed by atoms with Crippen LogP contribution in [0.5, 0.6) is 0 Å². The van der Waals surface area contributed by atoms with Crippen LogP contribution in [0.25, 0.3) is 6.08 Å². The van der Waals surface area contributed by atoms with E-state index in [1.807, 2.05) is 0 Å². The maximum absolute atomic E-state index is 13.0. The zero-order valence-corrected chi connectivity index (χ0v) is 11.4. The second-order valence-corrected chi connectivity index (χ2v) is 4.70. The Morgan fingerprint density at radius 1 is 1.19 bits per heavy atom. The summed E-state index contributed by atoms with van der Waals surface area (Å²) in [4.78, 5) is 3.37. The van der Waals surface area contributed by atoms with Crippen LogP contribution in [0.4, 0.5) is 17.6 Å². The van der Waals surface area contributed by atoms with Gasteiger partial charge in [-0.3, -0.25) is 4.98 Å². The van der Waals surface area contributed by atoms with Gasteiger partial charge in [0.25, 0.3) is 0 Å². The number of nitrogens with zero attached hydrogens (tertiary/aromatic N) is 1. The Hall–Kier alpha value is -1.88. The molecule has 2 rings (SSSR count). The zero-order valence-electron chi connectivity index (χ0n) is 10.7. The average Bonchev–Trinajstić information content (AvgIpc) is 2.42. The molecule has 0 amide bonds. The van der Waals surface area contributed by atoms with Crippen molar-refractivity contribution >= 4 is 17.7 Å². The topological polar surface area (TPSA) is 12.9 Å². The van der Waals surface area contributed by atoms with Crippen LogP contribution in [0.1, 0.15) is 16.8 Å². The Morgan fingerprint density at radius 3 is 2.62 bits per heavy atom. The van der Waals surface area contributed by atoms with Crippen LogP contribution in [-0.2, 0) is 12.6 Å². The molecule has 0 N–H and O–H groups in total. The van der Waals surface area contributed by atoms with E-state index >= 15 is 0 Å². The van der Waals surface area contributed by atoms with Crippen LogP contribution in [0.2, 0.25) is 5.02 Å². The molecule has 1 nitrogen and oxygen atoms in total. The minimum Gasteiger partial charge on any atom is -0.251 e. The molecule has 1 heterocycles. The SMILES string of the molecule is Fc1ccc(C=CCc2cccnc2C(F)(F)F)cc1Cl. The lowest BCUT2D eigenvalue weighted by Gasteiger charge is -2.09. The summed E-state index contributed by atoms with van der Waals surface area (Å²) in [6.45, 7) is 0. The Bertz CT molecular complexity index is 665. The normalized spacial score (nSPS) is 12.0. The Morgan fingerprint density at radius 2 is 1.95 bits per heavy atom. The predicted molar refractivity (Wildman–Crippen MR) is 73.4 cm³/mol. The summed E-state index contributed by atoms with van der Waals surface area (Å²) in [5.41, 5.74) is -0.208. The molecule has 1 aromatic carbocycles. The summed E-state index contributed by atoms with van der Waals surface area (Å²) in [6, 6.07) is 6.92. The van der Waals surface area contributed by atoms with Crippen molar-refractivity contribution in [2.45, 2.75) is 12.6 Å². The molecule has 0 bridgehead atoms. The van der Waals surface area contributed by atoms with Crippen molar-refractivity contribution in [2.75, 3.05) is 0 Å². The Kier molecular flexibility index (Phi) is 4.63. The molecule has 21 heavy (non-hydrogen) atoms. The molecule has 6 heteroatoms. The number of benzene rings is 1. The van der Waals surface area contributed by atoms with E-state index in [0.29, 0.717) is 5.56 Å². The van der Waals surface area contributed by atoms with Crippen LogP contribution >= 0.6 is 11.6 Å². The highest BCUT2D eigenvalue weighted by Gasteiger charge is 2.34. The first kappa shape index (κ1) is 15.5. The van der Waals surface area contributed by atoms with Crippen molar-refractivity contribution in [3.63, 3.8) is 0 Å². The van der Waals surface area contributed by atoms with E-state index in [1.54, 1.807) is 12.2 Å². The minimum absolute atomic E-state index is 0.0329. The third kappa shape index (κ3) is 4.04. The molecule has 0 spiro atoms. The number of allylic oxidation sites excluding steroid dienone is 1. The monoisotopic (exact) mass is 315 g/mol. The van der Waals surface area contributed by atoms with Crippen LogP contribution < -0.4 is 0 Å². The van der Waals surface area contributed by atoms with Gasteiger partial charge in [0.15, 0.2) is 0 Å². The van der Waals surface area contributed by atoms with Crippen LogP contribution in [0.15, 0.2) is 42.6 Å². The quantitative estimate of drug-likeness (QED) is 0.714. The van der Waals surface area contributed by atoms with Gasteiger partial charge in [-0.1, -0.05) is 35.9 Å². The highest BCUT2D eigenvalue weighted by Crippen LogP contribution is 2.30. The molecule has 0 aliphatic carbocycles. The Balaban J connectivity index is 2.16. The van der Waals surface area contributed by atoms with E-state index in [1.165, 1.54) is 30.3 Å². The van der Waals surface area contributed by atoms with Gasteiger partial charge in [-0.2, -0.15) is 13.2 Å². The number of halogens is 5. The number of pyridine rings is 1. The van der Waals surface area contributed by atoms with Crippen molar-refractivity contribution < 1.29 is 17.6 Å². The lowest BCUT2D eigenvalue weighted by atomic mass is 10.1. The van der Waals surface area contributed by atoms with Crippen LogP contribution in [0.3, 0.4) is 0 Å². The molecule has 0 saturated heterocycles. The Labute approximate surface area is 123 Å². The minimum atomic E-state index is -4.48. The summed E-state index contributed by atoms with van der Waals surface area (Å²) in [6.07, 6.45) is -0.175. The van der Waals surface area contributed by atoms with Gasteiger partial charge >= 0.3 is 6.18 Å². The van der Waals surface area contributed by atoms with Gasteiger partial charge in [-0.05, 0) is 35.7 Å². The second kappa shape index (κ2) is 6.26. The van der Waals surface area contributed by atoms with Gasteiger partial charge in [0.05, 0.1) is 5.02 Å². The first-order valence-electron chi connectivity index (χ1n) is 6.00. The first-order chi connectivity index (χ1) is 9.88. The summed E-state index contributed by atoms with van der Waals surface area (Å²) >= 11 is 5.63. The van der Waals surface area contributed by atoms with E-state index in [4.69, 9.17) is 11.6 Å². The van der Waals surface area contributed by atoms with Crippen LogP contribution in [0, 0.1) is 5.82 Å². The summed E-state index contributed by atoms with van der Waals surface area (Å²) in [5, 5.41) is -0.0329. The zero-order chi connectivity index (χ0) is 15.5. The van der Waals surface area contributed by atoms with E-state index in [0.717, 1.165) is 6.20 Å². The number of hydrogen-bond acceptors (Lipinski definition) is 1.